The molecule has 0 aromatic heterocycles. The van der Waals surface area contributed by atoms with E-state index in [2.05, 4.69) is 5.32 Å². The van der Waals surface area contributed by atoms with E-state index in [1.807, 2.05) is 0 Å². The van der Waals surface area contributed by atoms with Crippen molar-refractivity contribution >= 4 is 17.6 Å². The topological polar surface area (TPSA) is 66.4 Å². The van der Waals surface area contributed by atoms with Crippen LogP contribution in [0, 0.1) is 17.6 Å². The van der Waals surface area contributed by atoms with Crippen molar-refractivity contribution in [2.45, 2.75) is 25.2 Å². The number of rotatable bonds is 6. The maximum Gasteiger partial charge on any atom is 0.303 e. The minimum atomic E-state index is -0.902. The van der Waals surface area contributed by atoms with Gasteiger partial charge in [0.15, 0.2) is 11.6 Å². The van der Waals surface area contributed by atoms with Crippen LogP contribution >= 0.6 is 0 Å². The fraction of sp³-hybridized carbons (Fsp3) is 0.263. The van der Waals surface area contributed by atoms with E-state index < -0.39 is 17.6 Å². The molecule has 2 aromatic rings. The maximum atomic E-state index is 13.8. The Balaban J connectivity index is 1.58. The summed E-state index contributed by atoms with van der Waals surface area (Å²) in [6.07, 6.45) is 0.963. The molecule has 0 spiro atoms. The van der Waals surface area contributed by atoms with E-state index in [1.54, 1.807) is 24.3 Å². The highest BCUT2D eigenvalue weighted by molar-refractivity contribution is 5.95. The Kier molecular flexibility index (Phi) is 4.79. The van der Waals surface area contributed by atoms with Gasteiger partial charge in [-0.25, -0.2) is 8.78 Å². The lowest BCUT2D eigenvalue weighted by atomic mass is 10.1. The number of hydrogen-bond donors (Lipinski definition) is 2. The lowest BCUT2D eigenvalue weighted by molar-refractivity contribution is -0.137. The van der Waals surface area contributed by atoms with Crippen LogP contribution in [-0.2, 0) is 16.0 Å². The molecule has 3 rings (SSSR count). The largest absolute Gasteiger partial charge is 0.481 e. The first-order valence-electron chi connectivity index (χ1n) is 8.01. The molecule has 130 valence electrons. The van der Waals surface area contributed by atoms with Crippen LogP contribution in [0.5, 0.6) is 0 Å². The van der Waals surface area contributed by atoms with Gasteiger partial charge in [-0.1, -0.05) is 24.3 Å². The quantitative estimate of drug-likeness (QED) is 0.838. The summed E-state index contributed by atoms with van der Waals surface area (Å²) in [6.45, 7) is 0. The Morgan fingerprint density at radius 2 is 1.84 bits per heavy atom. The minimum Gasteiger partial charge on any atom is -0.481 e. The third kappa shape index (κ3) is 4.02. The van der Waals surface area contributed by atoms with Crippen molar-refractivity contribution in [3.63, 3.8) is 0 Å². The molecule has 1 fully saturated rings. The van der Waals surface area contributed by atoms with E-state index in [0.717, 1.165) is 11.6 Å². The Bertz CT molecular complexity index is 805. The summed E-state index contributed by atoms with van der Waals surface area (Å²) >= 11 is 0. The summed E-state index contributed by atoms with van der Waals surface area (Å²) in [5.41, 5.74) is 1.70. The van der Waals surface area contributed by atoms with Crippen LogP contribution in [0.25, 0.3) is 0 Å². The number of amides is 1. The van der Waals surface area contributed by atoms with E-state index in [1.165, 1.54) is 12.1 Å². The number of carboxylic acids is 1. The van der Waals surface area contributed by atoms with Crippen LogP contribution < -0.4 is 5.32 Å². The summed E-state index contributed by atoms with van der Waals surface area (Å²) < 4.78 is 27.1. The van der Waals surface area contributed by atoms with Crippen LogP contribution in [-0.4, -0.2) is 17.0 Å². The first-order valence-corrected chi connectivity index (χ1v) is 8.01. The highest BCUT2D eigenvalue weighted by Gasteiger charge is 2.45. The van der Waals surface area contributed by atoms with Gasteiger partial charge in [-0.3, -0.25) is 9.59 Å². The molecule has 6 heteroatoms. The number of hydrogen-bond acceptors (Lipinski definition) is 2. The zero-order chi connectivity index (χ0) is 18.0. The van der Waals surface area contributed by atoms with Gasteiger partial charge < -0.3 is 10.4 Å². The van der Waals surface area contributed by atoms with Crippen molar-refractivity contribution in [3.8, 4) is 0 Å². The summed E-state index contributed by atoms with van der Waals surface area (Å²) in [6, 6.07) is 10.9. The van der Waals surface area contributed by atoms with Gasteiger partial charge in [0.1, 0.15) is 0 Å². The molecule has 4 nitrogen and oxygen atoms in total. The summed E-state index contributed by atoms with van der Waals surface area (Å²) in [7, 11) is 0. The molecule has 2 unspecified atom stereocenters. The number of halogens is 2. The average molecular weight is 345 g/mol. The fourth-order valence-corrected chi connectivity index (χ4v) is 2.88. The fourth-order valence-electron chi connectivity index (χ4n) is 2.88. The molecule has 0 radical (unpaired) electrons. The third-order valence-corrected chi connectivity index (χ3v) is 4.36. The zero-order valence-corrected chi connectivity index (χ0v) is 13.3. The van der Waals surface area contributed by atoms with Gasteiger partial charge in [0.05, 0.1) is 0 Å². The second-order valence-electron chi connectivity index (χ2n) is 6.17. The van der Waals surface area contributed by atoms with Gasteiger partial charge in [0.25, 0.3) is 0 Å². The van der Waals surface area contributed by atoms with E-state index in [0.29, 0.717) is 18.5 Å². The smallest absolute Gasteiger partial charge is 0.303 e. The Hall–Kier alpha value is -2.76. The van der Waals surface area contributed by atoms with Gasteiger partial charge in [-0.15, -0.1) is 0 Å². The van der Waals surface area contributed by atoms with E-state index in [-0.39, 0.29) is 29.7 Å². The van der Waals surface area contributed by atoms with Gasteiger partial charge in [-0.2, -0.15) is 0 Å². The van der Waals surface area contributed by atoms with Crippen molar-refractivity contribution in [1.29, 1.82) is 0 Å². The number of anilines is 1. The lowest BCUT2D eigenvalue weighted by Crippen LogP contribution is -2.14. The molecular formula is C19H17F2NO3. The lowest BCUT2D eigenvalue weighted by Gasteiger charge is -2.07. The minimum absolute atomic E-state index is 0.0503. The van der Waals surface area contributed by atoms with Gasteiger partial charge in [-0.05, 0) is 48.1 Å². The highest BCUT2D eigenvalue weighted by atomic mass is 19.2. The number of carboxylic acid groups (broad SMARTS) is 1. The Labute approximate surface area is 143 Å². The summed E-state index contributed by atoms with van der Waals surface area (Å²) in [5, 5.41) is 11.4. The predicted octanol–water partition coefficient (Wildman–Crippen LogP) is 3.72. The number of carbonyl (C=O) groups excluding carboxylic acids is 1. The first-order chi connectivity index (χ1) is 12.0. The summed E-state index contributed by atoms with van der Waals surface area (Å²) in [4.78, 5) is 22.8. The van der Waals surface area contributed by atoms with Crippen LogP contribution in [0.1, 0.15) is 29.9 Å². The molecule has 2 N–H and O–H groups in total. The summed E-state index contributed by atoms with van der Waals surface area (Å²) in [5.74, 6) is -3.55. The maximum absolute atomic E-state index is 13.8. The average Bonchev–Trinajstić information content (AvgIpc) is 3.37. The van der Waals surface area contributed by atoms with E-state index >= 15 is 0 Å². The van der Waals surface area contributed by atoms with Gasteiger partial charge in [0, 0.05) is 18.0 Å². The zero-order valence-electron chi connectivity index (χ0n) is 13.3. The SMILES string of the molecule is O=C(O)CCc1ccc(NC(=O)C2CC2c2cccc(F)c2F)cc1. The third-order valence-electron chi connectivity index (χ3n) is 4.36. The second kappa shape index (κ2) is 7.01. The number of benzene rings is 2. The predicted molar refractivity (Wildman–Crippen MR) is 88.2 cm³/mol. The van der Waals surface area contributed by atoms with Crippen LogP contribution in [0.3, 0.4) is 0 Å². The van der Waals surface area contributed by atoms with Crippen molar-refractivity contribution in [2.24, 2.45) is 5.92 Å². The Morgan fingerprint density at radius 1 is 1.12 bits per heavy atom. The van der Waals surface area contributed by atoms with Crippen LogP contribution in [0.2, 0.25) is 0 Å². The molecule has 1 aliphatic carbocycles. The van der Waals surface area contributed by atoms with Gasteiger partial charge in [0.2, 0.25) is 5.91 Å². The standard InChI is InChI=1S/C19H17F2NO3/c20-16-3-1-2-13(18(16)21)14-10-15(14)19(25)22-12-7-4-11(5-8-12)6-9-17(23)24/h1-5,7-8,14-15H,6,9-10H2,(H,22,25)(H,23,24). The van der Waals surface area contributed by atoms with Crippen molar-refractivity contribution in [2.75, 3.05) is 5.32 Å². The van der Waals surface area contributed by atoms with Crippen LogP contribution in [0.15, 0.2) is 42.5 Å². The van der Waals surface area contributed by atoms with E-state index in [9.17, 15) is 18.4 Å². The normalized spacial score (nSPS) is 18.6. The molecule has 2 atom stereocenters. The molecule has 2 aromatic carbocycles. The first kappa shape index (κ1) is 17.1. The molecule has 0 saturated heterocycles. The molecular weight excluding hydrogens is 328 g/mol. The van der Waals surface area contributed by atoms with Crippen molar-refractivity contribution in [1.82, 2.24) is 0 Å². The van der Waals surface area contributed by atoms with Crippen molar-refractivity contribution in [3.05, 3.63) is 65.2 Å². The van der Waals surface area contributed by atoms with Crippen LogP contribution in [0.4, 0.5) is 14.5 Å². The number of aryl methyl sites for hydroxylation is 1. The molecule has 0 bridgehead atoms. The number of carbonyl (C=O) groups is 2. The number of aliphatic carboxylic acids is 1. The number of nitrogens with one attached hydrogen (secondary N) is 1. The molecule has 25 heavy (non-hydrogen) atoms. The molecule has 1 saturated carbocycles. The van der Waals surface area contributed by atoms with E-state index in [4.69, 9.17) is 5.11 Å². The Morgan fingerprint density at radius 3 is 2.52 bits per heavy atom. The molecule has 1 amide bonds. The highest BCUT2D eigenvalue weighted by Crippen LogP contribution is 2.49. The van der Waals surface area contributed by atoms with Gasteiger partial charge >= 0.3 is 5.97 Å². The molecule has 1 aliphatic rings. The monoisotopic (exact) mass is 345 g/mol. The molecule has 0 heterocycles. The second-order valence-corrected chi connectivity index (χ2v) is 6.17. The molecule has 0 aliphatic heterocycles. The van der Waals surface area contributed by atoms with Crippen molar-refractivity contribution < 1.29 is 23.5 Å².